The monoisotopic (exact) mass is 470 g/mol. The Labute approximate surface area is 201 Å². The van der Waals surface area contributed by atoms with Crippen molar-refractivity contribution in [2.45, 2.75) is 13.3 Å². The second kappa shape index (κ2) is 8.72. The first-order chi connectivity index (χ1) is 16.9. The number of methoxy groups -OCH3 is 1. The van der Waals surface area contributed by atoms with Crippen LogP contribution in [0.25, 0.3) is 0 Å². The van der Waals surface area contributed by atoms with E-state index in [-0.39, 0.29) is 36.4 Å². The van der Waals surface area contributed by atoms with Crippen molar-refractivity contribution < 1.29 is 28.7 Å². The van der Waals surface area contributed by atoms with Crippen molar-refractivity contribution in [2.24, 2.45) is 5.92 Å². The predicted octanol–water partition coefficient (Wildman–Crippen LogP) is 3.76. The van der Waals surface area contributed by atoms with Crippen LogP contribution >= 0.6 is 0 Å². The van der Waals surface area contributed by atoms with Crippen LogP contribution in [0.5, 0.6) is 11.5 Å². The van der Waals surface area contributed by atoms with Gasteiger partial charge in [0.05, 0.1) is 29.8 Å². The molecule has 0 aliphatic carbocycles. The molecule has 8 nitrogen and oxygen atoms in total. The first kappa shape index (κ1) is 22.3. The molecule has 3 amide bonds. The number of hydrogen-bond donors (Lipinski definition) is 0. The van der Waals surface area contributed by atoms with Crippen LogP contribution in [0.2, 0.25) is 0 Å². The molecule has 0 bridgehead atoms. The van der Waals surface area contributed by atoms with Gasteiger partial charge in [-0.2, -0.15) is 0 Å². The van der Waals surface area contributed by atoms with Crippen molar-refractivity contribution in [1.82, 2.24) is 0 Å². The number of rotatable bonds is 5. The molecule has 0 unspecified atom stereocenters. The summed E-state index contributed by atoms with van der Waals surface area (Å²) in [6.07, 6.45) is 0.0438. The lowest BCUT2D eigenvalue weighted by atomic mass is 10.1. The lowest BCUT2D eigenvalue weighted by molar-refractivity contribution is -0.139. The van der Waals surface area contributed by atoms with Crippen molar-refractivity contribution in [1.29, 1.82) is 0 Å². The zero-order valence-electron chi connectivity index (χ0n) is 19.2. The summed E-state index contributed by atoms with van der Waals surface area (Å²) in [7, 11) is 1.55. The summed E-state index contributed by atoms with van der Waals surface area (Å²) in [6, 6.07) is 18.5. The van der Waals surface area contributed by atoms with Gasteiger partial charge in [0.1, 0.15) is 11.5 Å². The molecule has 5 rings (SSSR count). The first-order valence-corrected chi connectivity index (χ1v) is 11.1. The van der Waals surface area contributed by atoms with E-state index >= 15 is 0 Å². The van der Waals surface area contributed by atoms with Crippen LogP contribution in [-0.2, 0) is 9.59 Å². The number of aryl methyl sites for hydroxylation is 1. The number of nitrogens with zero attached hydrogens (tertiary/aromatic N) is 2. The van der Waals surface area contributed by atoms with Gasteiger partial charge in [0, 0.05) is 24.7 Å². The number of carbonyl (C=O) groups is 4. The van der Waals surface area contributed by atoms with E-state index < -0.39 is 11.9 Å². The summed E-state index contributed by atoms with van der Waals surface area (Å²) >= 11 is 0. The summed E-state index contributed by atoms with van der Waals surface area (Å²) in [4.78, 5) is 53.6. The van der Waals surface area contributed by atoms with Crippen LogP contribution in [0.3, 0.4) is 0 Å². The Kier molecular flexibility index (Phi) is 5.56. The molecule has 3 aromatic carbocycles. The van der Waals surface area contributed by atoms with Crippen LogP contribution < -0.4 is 19.3 Å². The topological polar surface area (TPSA) is 93.2 Å². The minimum atomic E-state index is -0.620. The zero-order valence-corrected chi connectivity index (χ0v) is 19.2. The Hall–Kier alpha value is -4.46. The molecule has 0 saturated carbocycles. The third-order valence-corrected chi connectivity index (χ3v) is 6.25. The summed E-state index contributed by atoms with van der Waals surface area (Å²) < 4.78 is 10.8. The fraction of sp³-hybridized carbons (Fsp3) is 0.185. The molecule has 3 aromatic rings. The second-order valence-electron chi connectivity index (χ2n) is 8.47. The Morgan fingerprint density at radius 2 is 1.60 bits per heavy atom. The largest absolute Gasteiger partial charge is 0.497 e. The molecule has 2 heterocycles. The van der Waals surface area contributed by atoms with Gasteiger partial charge in [-0.05, 0) is 55.0 Å². The van der Waals surface area contributed by atoms with Gasteiger partial charge in [-0.15, -0.1) is 0 Å². The van der Waals surface area contributed by atoms with E-state index in [2.05, 4.69) is 0 Å². The van der Waals surface area contributed by atoms with E-state index in [0.29, 0.717) is 33.8 Å². The molecule has 0 spiro atoms. The first-order valence-electron chi connectivity index (χ1n) is 11.1. The number of imide groups is 1. The Morgan fingerprint density at radius 1 is 0.886 bits per heavy atom. The average molecular weight is 470 g/mol. The highest BCUT2D eigenvalue weighted by Crippen LogP contribution is 2.33. The van der Waals surface area contributed by atoms with Crippen LogP contribution in [-0.4, -0.2) is 37.3 Å². The molecule has 2 aliphatic heterocycles. The fourth-order valence-electron chi connectivity index (χ4n) is 4.44. The van der Waals surface area contributed by atoms with Crippen LogP contribution in [0.4, 0.5) is 11.4 Å². The van der Waals surface area contributed by atoms with Crippen molar-refractivity contribution in [2.75, 3.05) is 23.5 Å². The van der Waals surface area contributed by atoms with E-state index in [1.807, 2.05) is 0 Å². The Morgan fingerprint density at radius 3 is 2.26 bits per heavy atom. The number of amides is 3. The third kappa shape index (κ3) is 3.93. The van der Waals surface area contributed by atoms with Gasteiger partial charge in [-0.3, -0.25) is 19.2 Å². The zero-order chi connectivity index (χ0) is 24.7. The predicted molar refractivity (Wildman–Crippen MR) is 128 cm³/mol. The summed E-state index contributed by atoms with van der Waals surface area (Å²) in [5.74, 6) is -1.19. The maximum absolute atomic E-state index is 12.8. The number of carbonyl (C=O) groups excluding carboxylic acids is 4. The Balaban J connectivity index is 1.30. The summed E-state index contributed by atoms with van der Waals surface area (Å²) in [5.41, 5.74) is 2.41. The van der Waals surface area contributed by atoms with E-state index in [0.717, 1.165) is 4.90 Å². The molecular weight excluding hydrogens is 448 g/mol. The smallest absolute Gasteiger partial charge is 0.316 e. The second-order valence-corrected chi connectivity index (χ2v) is 8.47. The lowest BCUT2D eigenvalue weighted by Gasteiger charge is -2.18. The van der Waals surface area contributed by atoms with Crippen LogP contribution in [0, 0.1) is 12.8 Å². The molecule has 1 fully saturated rings. The van der Waals surface area contributed by atoms with Gasteiger partial charge in [0.2, 0.25) is 5.91 Å². The maximum Gasteiger partial charge on any atom is 0.316 e. The molecule has 1 atom stereocenters. The molecule has 0 radical (unpaired) electrons. The van der Waals surface area contributed by atoms with Crippen molar-refractivity contribution in [3.8, 4) is 11.5 Å². The van der Waals surface area contributed by atoms with Crippen molar-refractivity contribution in [3.63, 3.8) is 0 Å². The number of anilines is 2. The SMILES string of the molecule is COc1cccc(N2C[C@H](C(=O)Oc3ccc(N4C(=O)c5ccccc5C4=O)c(C)c3)CC2=O)c1. The highest BCUT2D eigenvalue weighted by Gasteiger charge is 2.38. The summed E-state index contributed by atoms with van der Waals surface area (Å²) in [6.45, 7) is 1.94. The van der Waals surface area contributed by atoms with Gasteiger partial charge in [0.25, 0.3) is 11.8 Å². The molecule has 2 aliphatic rings. The molecule has 176 valence electrons. The quantitative estimate of drug-likeness (QED) is 0.320. The minimum Gasteiger partial charge on any atom is -0.497 e. The van der Waals surface area contributed by atoms with Crippen molar-refractivity contribution in [3.05, 3.63) is 83.4 Å². The Bertz CT molecular complexity index is 1350. The highest BCUT2D eigenvalue weighted by atomic mass is 16.5. The van der Waals surface area contributed by atoms with E-state index in [4.69, 9.17) is 9.47 Å². The standard InChI is InChI=1S/C27H22N2O6/c1-16-12-20(10-11-23(16)29-25(31)21-8-3-4-9-22(21)26(29)32)35-27(33)17-13-24(30)28(15-17)18-6-5-7-19(14-18)34-2/h3-12,14,17H,13,15H2,1-2H3/t17-/m1/s1. The molecule has 35 heavy (non-hydrogen) atoms. The van der Waals surface area contributed by atoms with Gasteiger partial charge in [-0.1, -0.05) is 18.2 Å². The number of ether oxygens (including phenoxy) is 2. The van der Waals surface area contributed by atoms with Gasteiger partial charge < -0.3 is 14.4 Å². The van der Waals surface area contributed by atoms with Gasteiger partial charge in [0.15, 0.2) is 0 Å². The maximum atomic E-state index is 12.8. The van der Waals surface area contributed by atoms with E-state index in [1.165, 1.54) is 0 Å². The third-order valence-electron chi connectivity index (χ3n) is 6.25. The van der Waals surface area contributed by atoms with Crippen LogP contribution in [0.15, 0.2) is 66.7 Å². The average Bonchev–Trinajstić information content (AvgIpc) is 3.37. The van der Waals surface area contributed by atoms with Gasteiger partial charge in [-0.25, -0.2) is 4.90 Å². The van der Waals surface area contributed by atoms with E-state index in [9.17, 15) is 19.2 Å². The highest BCUT2D eigenvalue weighted by molar-refractivity contribution is 6.34. The van der Waals surface area contributed by atoms with Crippen LogP contribution in [0.1, 0.15) is 32.7 Å². The summed E-state index contributed by atoms with van der Waals surface area (Å²) in [5, 5.41) is 0. The molecule has 1 saturated heterocycles. The molecule has 0 aromatic heterocycles. The number of hydrogen-bond acceptors (Lipinski definition) is 6. The number of fused-ring (bicyclic) bond motifs is 1. The molecule has 0 N–H and O–H groups in total. The normalized spacial score (nSPS) is 17.1. The number of esters is 1. The molecular formula is C27H22N2O6. The fourth-order valence-corrected chi connectivity index (χ4v) is 4.44. The molecule has 8 heteroatoms. The minimum absolute atomic E-state index is 0.0438. The van der Waals surface area contributed by atoms with Gasteiger partial charge >= 0.3 is 5.97 Å². The lowest BCUT2D eigenvalue weighted by Crippen LogP contribution is -2.30. The van der Waals surface area contributed by atoms with Crippen molar-refractivity contribution >= 4 is 35.1 Å². The number of benzene rings is 3. The van der Waals surface area contributed by atoms with E-state index in [1.54, 1.807) is 85.7 Å².